The number of para-hydroxylation sites is 1. The fourth-order valence-corrected chi connectivity index (χ4v) is 2.02. The zero-order chi connectivity index (χ0) is 15.9. The molecule has 2 aromatic carbocycles. The van der Waals surface area contributed by atoms with Crippen LogP contribution in [0.4, 0.5) is 16.2 Å². The van der Waals surface area contributed by atoms with Gasteiger partial charge in [-0.15, -0.1) is 0 Å². The van der Waals surface area contributed by atoms with Crippen LogP contribution in [0, 0.1) is 0 Å². The Balaban J connectivity index is 2.52. The van der Waals surface area contributed by atoms with E-state index in [1.54, 1.807) is 55.5 Å². The Morgan fingerprint density at radius 1 is 1.05 bits per heavy atom. The normalized spacial score (nSPS) is 9.86. The molecule has 0 saturated carbocycles. The number of rotatable bonds is 5. The van der Waals surface area contributed by atoms with Crippen molar-refractivity contribution in [3.8, 4) is 0 Å². The van der Waals surface area contributed by atoms with Gasteiger partial charge in [-0.1, -0.05) is 12.1 Å². The average molecular weight is 297 g/mol. The van der Waals surface area contributed by atoms with E-state index in [1.807, 2.05) is 0 Å². The summed E-state index contributed by atoms with van der Waals surface area (Å²) in [5.74, 6) is 0. The molecular weight excluding hydrogens is 282 g/mol. The van der Waals surface area contributed by atoms with E-state index in [1.165, 1.54) is 4.90 Å². The number of aldehydes is 2. The van der Waals surface area contributed by atoms with E-state index >= 15 is 0 Å². The first kappa shape index (κ1) is 15.4. The van der Waals surface area contributed by atoms with Crippen molar-refractivity contribution in [2.24, 2.45) is 0 Å². The summed E-state index contributed by atoms with van der Waals surface area (Å²) in [7, 11) is 0. The molecule has 0 atom stereocenters. The Hall–Kier alpha value is -2.95. The zero-order valence-electron chi connectivity index (χ0n) is 12.1. The highest BCUT2D eigenvalue weighted by Crippen LogP contribution is 2.29. The maximum atomic E-state index is 12.3. The number of carbonyl (C=O) groups excluding carboxylic acids is 3. The molecule has 0 N–H and O–H groups in total. The minimum absolute atomic E-state index is 0.213. The minimum Gasteiger partial charge on any atom is -0.449 e. The number of hydrogen-bond acceptors (Lipinski definition) is 4. The van der Waals surface area contributed by atoms with Crippen molar-refractivity contribution >= 4 is 30.0 Å². The van der Waals surface area contributed by atoms with Crippen LogP contribution < -0.4 is 4.90 Å². The van der Waals surface area contributed by atoms with Crippen LogP contribution in [0.2, 0.25) is 0 Å². The molecule has 2 rings (SSSR count). The second-order valence-electron chi connectivity index (χ2n) is 4.42. The van der Waals surface area contributed by atoms with Gasteiger partial charge in [0.2, 0.25) is 0 Å². The molecule has 0 spiro atoms. The van der Waals surface area contributed by atoms with Gasteiger partial charge >= 0.3 is 6.09 Å². The third kappa shape index (κ3) is 3.20. The molecule has 22 heavy (non-hydrogen) atoms. The van der Waals surface area contributed by atoms with E-state index < -0.39 is 6.09 Å². The van der Waals surface area contributed by atoms with Gasteiger partial charge in [0, 0.05) is 11.1 Å². The second-order valence-corrected chi connectivity index (χ2v) is 4.42. The lowest BCUT2D eigenvalue weighted by molar-refractivity contribution is 0.111. The molecule has 0 unspecified atom stereocenters. The van der Waals surface area contributed by atoms with Crippen molar-refractivity contribution in [1.82, 2.24) is 0 Å². The summed E-state index contributed by atoms with van der Waals surface area (Å²) in [6.45, 7) is 1.92. The molecule has 0 aliphatic rings. The Labute approximate surface area is 128 Å². The fourth-order valence-electron chi connectivity index (χ4n) is 2.02. The van der Waals surface area contributed by atoms with Crippen LogP contribution in [0.3, 0.4) is 0 Å². The molecule has 0 radical (unpaired) electrons. The smallest absolute Gasteiger partial charge is 0.418 e. The summed E-state index contributed by atoms with van der Waals surface area (Å²) in [6.07, 6.45) is 0.815. The van der Waals surface area contributed by atoms with E-state index in [0.29, 0.717) is 28.8 Å². The largest absolute Gasteiger partial charge is 0.449 e. The molecule has 0 aromatic heterocycles. The van der Waals surface area contributed by atoms with Crippen molar-refractivity contribution in [3.05, 3.63) is 59.7 Å². The Morgan fingerprint density at radius 3 is 2.32 bits per heavy atom. The van der Waals surface area contributed by atoms with Crippen molar-refractivity contribution < 1.29 is 19.1 Å². The minimum atomic E-state index is -0.587. The molecule has 0 saturated heterocycles. The van der Waals surface area contributed by atoms with E-state index in [-0.39, 0.29) is 6.61 Å². The van der Waals surface area contributed by atoms with Crippen LogP contribution in [0.1, 0.15) is 27.6 Å². The second kappa shape index (κ2) is 7.17. The molecule has 0 heterocycles. The third-order valence-corrected chi connectivity index (χ3v) is 3.04. The third-order valence-electron chi connectivity index (χ3n) is 3.04. The molecule has 0 aliphatic heterocycles. The Bertz CT molecular complexity index is 679. The lowest BCUT2D eigenvalue weighted by Gasteiger charge is -2.23. The number of amides is 1. The molecule has 1 amide bonds. The highest BCUT2D eigenvalue weighted by Gasteiger charge is 2.21. The maximum absolute atomic E-state index is 12.3. The maximum Gasteiger partial charge on any atom is 0.418 e. The quantitative estimate of drug-likeness (QED) is 0.791. The molecule has 0 bridgehead atoms. The van der Waals surface area contributed by atoms with Gasteiger partial charge in [-0.25, -0.2) is 9.69 Å². The van der Waals surface area contributed by atoms with Crippen LogP contribution in [0.5, 0.6) is 0 Å². The van der Waals surface area contributed by atoms with Crippen molar-refractivity contribution in [1.29, 1.82) is 0 Å². The predicted molar refractivity (Wildman–Crippen MR) is 82.8 cm³/mol. The van der Waals surface area contributed by atoms with Gasteiger partial charge < -0.3 is 4.74 Å². The summed E-state index contributed by atoms with van der Waals surface area (Å²) in [4.78, 5) is 35.6. The van der Waals surface area contributed by atoms with Gasteiger partial charge in [-0.3, -0.25) is 9.59 Å². The molecule has 2 aromatic rings. The first-order chi connectivity index (χ1) is 10.7. The topological polar surface area (TPSA) is 63.7 Å². The first-order valence-electron chi connectivity index (χ1n) is 6.77. The van der Waals surface area contributed by atoms with E-state index in [4.69, 9.17) is 4.74 Å². The van der Waals surface area contributed by atoms with Crippen molar-refractivity contribution in [2.75, 3.05) is 11.5 Å². The lowest BCUT2D eigenvalue weighted by Crippen LogP contribution is -2.27. The molecule has 0 aliphatic carbocycles. The fraction of sp³-hybridized carbons (Fsp3) is 0.118. The van der Waals surface area contributed by atoms with Gasteiger partial charge in [-0.05, 0) is 43.3 Å². The number of nitrogens with zero attached hydrogens (tertiary/aromatic N) is 1. The van der Waals surface area contributed by atoms with E-state index in [2.05, 4.69) is 0 Å². The summed E-state index contributed by atoms with van der Waals surface area (Å²) in [6, 6.07) is 13.2. The van der Waals surface area contributed by atoms with Gasteiger partial charge in [0.25, 0.3) is 0 Å². The summed E-state index contributed by atoms with van der Waals surface area (Å²) in [5, 5.41) is 0. The summed E-state index contributed by atoms with van der Waals surface area (Å²) < 4.78 is 5.07. The molecule has 112 valence electrons. The van der Waals surface area contributed by atoms with Crippen LogP contribution in [-0.2, 0) is 4.74 Å². The van der Waals surface area contributed by atoms with Crippen molar-refractivity contribution in [2.45, 2.75) is 6.92 Å². The molecule has 5 heteroatoms. The van der Waals surface area contributed by atoms with Gasteiger partial charge in [0.05, 0.1) is 18.0 Å². The number of anilines is 2. The monoisotopic (exact) mass is 297 g/mol. The Kier molecular flexibility index (Phi) is 5.03. The number of carbonyl (C=O) groups is 3. The highest BCUT2D eigenvalue weighted by atomic mass is 16.6. The number of hydrogen-bond donors (Lipinski definition) is 0. The van der Waals surface area contributed by atoms with Gasteiger partial charge in [0.15, 0.2) is 6.29 Å². The number of benzene rings is 2. The van der Waals surface area contributed by atoms with E-state index in [0.717, 1.165) is 6.29 Å². The predicted octanol–water partition coefficient (Wildman–Crippen LogP) is 3.61. The molecule has 5 nitrogen and oxygen atoms in total. The standard InChI is InChI=1S/C17H15NO4/c1-2-22-17(21)18(15-9-7-13(11-19)8-10-15)16-6-4-3-5-14(16)12-20/h3-12H,2H2,1H3. The summed E-state index contributed by atoms with van der Waals surface area (Å²) >= 11 is 0. The van der Waals surface area contributed by atoms with Crippen LogP contribution in [-0.4, -0.2) is 25.3 Å². The SMILES string of the molecule is CCOC(=O)N(c1ccc(C=O)cc1)c1ccccc1C=O. The van der Waals surface area contributed by atoms with E-state index in [9.17, 15) is 14.4 Å². The van der Waals surface area contributed by atoms with Crippen molar-refractivity contribution in [3.63, 3.8) is 0 Å². The van der Waals surface area contributed by atoms with Crippen LogP contribution >= 0.6 is 0 Å². The number of ether oxygens (including phenoxy) is 1. The van der Waals surface area contributed by atoms with Gasteiger partial charge in [0.1, 0.15) is 6.29 Å². The zero-order valence-corrected chi connectivity index (χ0v) is 12.1. The molecular formula is C17H15NO4. The van der Waals surface area contributed by atoms with Crippen LogP contribution in [0.25, 0.3) is 0 Å². The van der Waals surface area contributed by atoms with Crippen LogP contribution in [0.15, 0.2) is 48.5 Å². The van der Waals surface area contributed by atoms with Gasteiger partial charge in [-0.2, -0.15) is 0 Å². The highest BCUT2D eigenvalue weighted by molar-refractivity contribution is 6.01. The lowest BCUT2D eigenvalue weighted by atomic mass is 10.1. The Morgan fingerprint density at radius 2 is 1.73 bits per heavy atom. The molecule has 0 fully saturated rings. The average Bonchev–Trinajstić information content (AvgIpc) is 2.56. The summed E-state index contributed by atoms with van der Waals surface area (Å²) in [5.41, 5.74) is 1.81. The first-order valence-corrected chi connectivity index (χ1v) is 6.77.